The summed E-state index contributed by atoms with van der Waals surface area (Å²) in [4.78, 5) is 20.8. The lowest BCUT2D eigenvalue weighted by Crippen LogP contribution is -2.22. The topological polar surface area (TPSA) is 89.5 Å². The third-order valence-electron chi connectivity index (χ3n) is 2.59. The summed E-state index contributed by atoms with van der Waals surface area (Å²) in [6.45, 7) is -0.00536. The third-order valence-corrected chi connectivity index (χ3v) is 2.76. The van der Waals surface area contributed by atoms with Crippen LogP contribution in [0.25, 0.3) is 0 Å². The van der Waals surface area contributed by atoms with Gasteiger partial charge in [0.15, 0.2) is 5.69 Å². The van der Waals surface area contributed by atoms with Gasteiger partial charge in [0.2, 0.25) is 0 Å². The predicted octanol–water partition coefficient (Wildman–Crippen LogP) is 3.20. The first-order valence-electron chi connectivity index (χ1n) is 5.40. The molecule has 1 rings (SSSR count). The Morgan fingerprint density at radius 2 is 1.62 bits per heavy atom. The monoisotopic (exact) mass is 327 g/mol. The fourth-order valence-corrected chi connectivity index (χ4v) is 1.93. The number of anilines is 1. The van der Waals surface area contributed by atoms with E-state index in [2.05, 4.69) is 0 Å². The van der Waals surface area contributed by atoms with Crippen molar-refractivity contribution in [3.05, 3.63) is 37.9 Å². The second-order valence-electron chi connectivity index (χ2n) is 3.99. The molecule has 116 valence electrons. The highest BCUT2D eigenvalue weighted by Crippen LogP contribution is 2.42. The van der Waals surface area contributed by atoms with Gasteiger partial charge in [-0.2, -0.15) is 13.2 Å². The predicted molar refractivity (Wildman–Crippen MR) is 68.7 cm³/mol. The number of hydrogen-bond donors (Lipinski definition) is 0. The van der Waals surface area contributed by atoms with E-state index < -0.39 is 38.6 Å². The van der Waals surface area contributed by atoms with E-state index in [4.69, 9.17) is 11.6 Å². The van der Waals surface area contributed by atoms with E-state index in [9.17, 15) is 33.4 Å². The molecular weight excluding hydrogens is 319 g/mol. The van der Waals surface area contributed by atoms with Crippen LogP contribution in [0.1, 0.15) is 5.56 Å². The number of rotatable bonds is 5. The molecule has 0 spiro atoms. The standard InChI is InChI=1S/C10H9ClF3N3O4/c1-15(3-2-11)9-7(16(18)19)4-6(10(12,13)14)5-8(9)17(20)21/h4-5H,2-3H2,1H3. The zero-order valence-corrected chi connectivity index (χ0v) is 11.3. The quantitative estimate of drug-likeness (QED) is 0.470. The van der Waals surface area contributed by atoms with Crippen LogP contribution in [0.4, 0.5) is 30.2 Å². The average Bonchev–Trinajstić information content (AvgIpc) is 2.36. The minimum absolute atomic E-state index is 0.00536. The molecule has 0 amide bonds. The zero-order chi connectivity index (χ0) is 16.4. The fraction of sp³-hybridized carbons (Fsp3) is 0.400. The Hall–Kier alpha value is -2.10. The highest BCUT2D eigenvalue weighted by molar-refractivity contribution is 6.18. The van der Waals surface area contributed by atoms with Gasteiger partial charge in [0.25, 0.3) is 11.4 Å². The second-order valence-corrected chi connectivity index (χ2v) is 4.36. The number of benzene rings is 1. The van der Waals surface area contributed by atoms with Gasteiger partial charge >= 0.3 is 6.18 Å². The zero-order valence-electron chi connectivity index (χ0n) is 10.6. The first-order valence-corrected chi connectivity index (χ1v) is 5.94. The Labute approximate surface area is 121 Å². The summed E-state index contributed by atoms with van der Waals surface area (Å²) < 4.78 is 38.0. The SMILES string of the molecule is CN(CCCl)c1c([N+](=O)[O-])cc(C(F)(F)F)cc1[N+](=O)[O-]. The van der Waals surface area contributed by atoms with E-state index in [1.54, 1.807) is 0 Å². The van der Waals surface area contributed by atoms with E-state index in [0.717, 1.165) is 4.90 Å². The minimum atomic E-state index is -4.93. The maximum absolute atomic E-state index is 12.7. The van der Waals surface area contributed by atoms with Crippen molar-refractivity contribution in [1.82, 2.24) is 0 Å². The normalized spacial score (nSPS) is 11.3. The Kier molecular flexibility index (Phi) is 4.94. The van der Waals surface area contributed by atoms with Crippen LogP contribution in [0.2, 0.25) is 0 Å². The Bertz CT molecular complexity index is 544. The lowest BCUT2D eigenvalue weighted by Gasteiger charge is -2.18. The maximum Gasteiger partial charge on any atom is 0.416 e. The van der Waals surface area contributed by atoms with Crippen LogP contribution in [0.15, 0.2) is 12.1 Å². The van der Waals surface area contributed by atoms with Crippen molar-refractivity contribution in [3.8, 4) is 0 Å². The molecule has 0 aliphatic carbocycles. The molecule has 7 nitrogen and oxygen atoms in total. The van der Waals surface area contributed by atoms with Gasteiger partial charge in [-0.05, 0) is 0 Å². The Morgan fingerprint density at radius 3 is 1.90 bits per heavy atom. The molecule has 0 N–H and O–H groups in total. The van der Waals surface area contributed by atoms with Gasteiger partial charge in [-0.1, -0.05) is 0 Å². The van der Waals surface area contributed by atoms with Gasteiger partial charge in [0.05, 0.1) is 15.4 Å². The highest BCUT2D eigenvalue weighted by Gasteiger charge is 2.38. The first-order chi connectivity index (χ1) is 9.59. The van der Waals surface area contributed by atoms with Gasteiger partial charge in [0, 0.05) is 31.6 Å². The highest BCUT2D eigenvalue weighted by atomic mass is 35.5. The number of nitro benzene ring substituents is 2. The lowest BCUT2D eigenvalue weighted by atomic mass is 10.1. The van der Waals surface area contributed by atoms with Crippen LogP contribution >= 0.6 is 11.6 Å². The molecule has 0 atom stereocenters. The van der Waals surface area contributed by atoms with Crippen LogP contribution < -0.4 is 4.90 Å². The maximum atomic E-state index is 12.7. The summed E-state index contributed by atoms with van der Waals surface area (Å²) in [5, 5.41) is 21.9. The van der Waals surface area contributed by atoms with Crippen LogP contribution in [-0.2, 0) is 6.18 Å². The van der Waals surface area contributed by atoms with Gasteiger partial charge in [0.1, 0.15) is 0 Å². The molecule has 0 aliphatic heterocycles. The van der Waals surface area contributed by atoms with Crippen molar-refractivity contribution < 1.29 is 23.0 Å². The molecule has 21 heavy (non-hydrogen) atoms. The van der Waals surface area contributed by atoms with Gasteiger partial charge in [-0.25, -0.2) is 0 Å². The summed E-state index contributed by atoms with van der Waals surface area (Å²) in [7, 11) is 1.27. The van der Waals surface area contributed by atoms with E-state index >= 15 is 0 Å². The van der Waals surface area contributed by atoms with Gasteiger partial charge in [-0.3, -0.25) is 20.2 Å². The lowest BCUT2D eigenvalue weighted by molar-refractivity contribution is -0.393. The Morgan fingerprint density at radius 1 is 1.19 bits per heavy atom. The number of alkyl halides is 4. The van der Waals surface area contributed by atoms with Gasteiger partial charge < -0.3 is 4.90 Å². The molecule has 0 radical (unpaired) electrons. The largest absolute Gasteiger partial charge is 0.416 e. The second kappa shape index (κ2) is 6.12. The average molecular weight is 328 g/mol. The molecule has 1 aromatic rings. The number of halogens is 4. The van der Waals surface area contributed by atoms with Crippen LogP contribution in [-0.4, -0.2) is 29.3 Å². The molecule has 1 aromatic carbocycles. The van der Waals surface area contributed by atoms with E-state index in [1.165, 1.54) is 7.05 Å². The van der Waals surface area contributed by atoms with Gasteiger partial charge in [-0.15, -0.1) is 11.6 Å². The van der Waals surface area contributed by atoms with Crippen LogP contribution in [0.3, 0.4) is 0 Å². The molecule has 0 heterocycles. The summed E-state index contributed by atoms with van der Waals surface area (Å²) >= 11 is 5.45. The minimum Gasteiger partial charge on any atom is -0.362 e. The molecule has 0 saturated carbocycles. The Balaban J connectivity index is 3.67. The summed E-state index contributed by atoms with van der Waals surface area (Å²) in [6.07, 6.45) is -4.93. The van der Waals surface area contributed by atoms with Crippen molar-refractivity contribution in [2.24, 2.45) is 0 Å². The number of nitro groups is 2. The van der Waals surface area contributed by atoms with Crippen molar-refractivity contribution in [3.63, 3.8) is 0 Å². The van der Waals surface area contributed by atoms with Crippen molar-refractivity contribution in [2.45, 2.75) is 6.18 Å². The number of nitrogens with zero attached hydrogens (tertiary/aromatic N) is 3. The van der Waals surface area contributed by atoms with E-state index in [0.29, 0.717) is 0 Å². The smallest absolute Gasteiger partial charge is 0.362 e. The summed E-state index contributed by atoms with van der Waals surface area (Å²) in [6, 6.07) is 0.542. The molecule has 11 heteroatoms. The van der Waals surface area contributed by atoms with Crippen LogP contribution in [0, 0.1) is 20.2 Å². The van der Waals surface area contributed by atoms with Crippen molar-refractivity contribution >= 4 is 28.7 Å². The van der Waals surface area contributed by atoms with E-state index in [-0.39, 0.29) is 24.6 Å². The summed E-state index contributed by atoms with van der Waals surface area (Å²) in [5.74, 6) is -0.00810. The fourth-order valence-electron chi connectivity index (χ4n) is 1.68. The van der Waals surface area contributed by atoms with Crippen molar-refractivity contribution in [2.75, 3.05) is 24.4 Å². The molecule has 0 fully saturated rings. The van der Waals surface area contributed by atoms with E-state index in [1.807, 2.05) is 0 Å². The van der Waals surface area contributed by atoms with Crippen LogP contribution in [0.5, 0.6) is 0 Å². The molecule has 0 bridgehead atoms. The third kappa shape index (κ3) is 3.72. The van der Waals surface area contributed by atoms with Crippen molar-refractivity contribution in [1.29, 1.82) is 0 Å². The molecule has 0 aliphatic rings. The molecule has 0 aromatic heterocycles. The molecular formula is C10H9ClF3N3O4. The first kappa shape index (κ1) is 17.0. The summed E-state index contributed by atoms with van der Waals surface area (Å²) in [5.41, 5.74) is -3.96. The molecule has 0 unspecified atom stereocenters. The molecule has 0 saturated heterocycles. The number of hydrogen-bond acceptors (Lipinski definition) is 5.